The molecule has 214 valence electrons. The summed E-state index contributed by atoms with van der Waals surface area (Å²) < 4.78 is 0. The Kier molecular flexibility index (Phi) is 26.3. The maximum absolute atomic E-state index is 11.6. The highest BCUT2D eigenvalue weighted by Crippen LogP contribution is 2.16. The van der Waals surface area contributed by atoms with Gasteiger partial charge in [0.2, 0.25) is 5.91 Å². The number of carbonyl (C=O) groups excluding carboxylic acids is 1. The van der Waals surface area contributed by atoms with Gasteiger partial charge in [-0.1, -0.05) is 41.5 Å². The standard InChI is InChI=1S/C9H18N2O.2C6H13N.C5H11N.3CH4/c1-10(2)9(12)8-6-4-5-7-11(8)3;2*1-7-5-3-2-4-6-7;1-6-4-2-3-5-6;;;/h8H,4-7H2,1-3H3;2*2-6H2,1H3;2-5H2,1H3;3*1H4. The fraction of sp³-hybridized carbons (Fsp3) is 0.966. The van der Waals surface area contributed by atoms with Gasteiger partial charge >= 0.3 is 0 Å². The van der Waals surface area contributed by atoms with E-state index in [9.17, 15) is 4.79 Å². The largest absolute Gasteiger partial charge is 0.347 e. The van der Waals surface area contributed by atoms with E-state index in [0.29, 0.717) is 0 Å². The minimum Gasteiger partial charge on any atom is -0.347 e. The van der Waals surface area contributed by atoms with Crippen molar-refractivity contribution >= 4 is 5.91 Å². The summed E-state index contributed by atoms with van der Waals surface area (Å²) in [6, 6.07) is 0.133. The van der Waals surface area contributed by atoms with Gasteiger partial charge in [0.05, 0.1) is 6.04 Å². The summed E-state index contributed by atoms with van der Waals surface area (Å²) in [6.45, 7) is 8.98. The Morgan fingerprint density at radius 2 is 0.857 bits per heavy atom. The molecule has 0 radical (unpaired) electrons. The maximum atomic E-state index is 11.6. The summed E-state index contributed by atoms with van der Waals surface area (Å²) >= 11 is 0. The second kappa shape index (κ2) is 23.7. The van der Waals surface area contributed by atoms with Gasteiger partial charge < -0.3 is 19.6 Å². The van der Waals surface area contributed by atoms with Crippen molar-refractivity contribution in [2.24, 2.45) is 0 Å². The monoisotopic (exact) mass is 502 g/mol. The van der Waals surface area contributed by atoms with E-state index in [1.54, 1.807) is 4.90 Å². The van der Waals surface area contributed by atoms with Crippen LogP contribution in [0.1, 0.15) is 92.9 Å². The smallest absolute Gasteiger partial charge is 0.239 e. The van der Waals surface area contributed by atoms with E-state index < -0.39 is 0 Å². The molecule has 4 aliphatic heterocycles. The number of nitrogens with zero attached hydrogens (tertiary/aromatic N) is 5. The van der Waals surface area contributed by atoms with Crippen LogP contribution in [0, 0.1) is 0 Å². The summed E-state index contributed by atoms with van der Waals surface area (Å²) in [4.78, 5) is 22.6. The number of likely N-dealkylation sites (tertiary alicyclic amines) is 4. The molecule has 1 unspecified atom stereocenters. The lowest BCUT2D eigenvalue weighted by atomic mass is 10.0. The van der Waals surface area contributed by atoms with Crippen LogP contribution in [0.5, 0.6) is 0 Å². The van der Waals surface area contributed by atoms with E-state index in [-0.39, 0.29) is 34.2 Å². The first-order chi connectivity index (χ1) is 15.3. The summed E-state index contributed by atoms with van der Waals surface area (Å²) in [7, 11) is 12.2. The van der Waals surface area contributed by atoms with Gasteiger partial charge in [-0.3, -0.25) is 9.69 Å². The normalized spacial score (nSPS) is 23.2. The SMILES string of the molecule is C.C.C.CN(C)C(=O)C1CCCCN1C.CN1CCCC1.CN1CCCCC1.CN1CCCCC1. The number of hydrogen-bond acceptors (Lipinski definition) is 5. The van der Waals surface area contributed by atoms with E-state index in [0.717, 1.165) is 13.0 Å². The molecule has 1 atom stereocenters. The third kappa shape index (κ3) is 19.1. The Morgan fingerprint density at radius 3 is 1.09 bits per heavy atom. The molecular weight excluding hydrogens is 434 g/mol. The number of carbonyl (C=O) groups is 1. The lowest BCUT2D eigenvalue weighted by Crippen LogP contribution is -2.47. The minimum absolute atomic E-state index is 0. The van der Waals surface area contributed by atoms with Crippen LogP contribution in [-0.4, -0.2) is 125 Å². The maximum Gasteiger partial charge on any atom is 0.239 e. The van der Waals surface area contributed by atoms with Crippen LogP contribution < -0.4 is 0 Å². The van der Waals surface area contributed by atoms with E-state index in [4.69, 9.17) is 0 Å². The Morgan fingerprint density at radius 1 is 0.543 bits per heavy atom. The Balaban J connectivity index is -0.000000393. The highest BCUT2D eigenvalue weighted by molar-refractivity contribution is 5.81. The molecule has 0 aromatic heterocycles. The number of likely N-dealkylation sites (N-methyl/N-ethyl adjacent to an activating group) is 2. The summed E-state index contributed by atoms with van der Waals surface area (Å²) in [5.74, 6) is 0.247. The summed E-state index contributed by atoms with van der Waals surface area (Å²) in [6.07, 6.45) is 14.8. The van der Waals surface area contributed by atoms with Crippen molar-refractivity contribution in [2.45, 2.75) is 99.0 Å². The topological polar surface area (TPSA) is 33.3 Å². The highest BCUT2D eigenvalue weighted by Gasteiger charge is 2.26. The quantitative estimate of drug-likeness (QED) is 0.481. The van der Waals surface area contributed by atoms with E-state index in [1.165, 1.54) is 103 Å². The molecule has 0 saturated carbocycles. The highest BCUT2D eigenvalue weighted by atomic mass is 16.2. The summed E-state index contributed by atoms with van der Waals surface area (Å²) in [5, 5.41) is 0. The van der Waals surface area contributed by atoms with Crippen LogP contribution in [0.4, 0.5) is 0 Å². The average Bonchev–Trinajstić information content (AvgIpc) is 3.27. The minimum atomic E-state index is 0. The summed E-state index contributed by atoms with van der Waals surface area (Å²) in [5.41, 5.74) is 0. The third-order valence-corrected chi connectivity index (χ3v) is 6.99. The molecule has 4 heterocycles. The Hall–Kier alpha value is -0.690. The van der Waals surface area contributed by atoms with Gasteiger partial charge in [-0.15, -0.1) is 0 Å². The molecule has 0 aliphatic carbocycles. The third-order valence-electron chi connectivity index (χ3n) is 6.99. The number of piperidine rings is 3. The molecule has 6 heteroatoms. The second-order valence-electron chi connectivity index (χ2n) is 10.5. The van der Waals surface area contributed by atoms with Gasteiger partial charge in [0.25, 0.3) is 0 Å². The molecule has 4 aliphatic rings. The van der Waals surface area contributed by atoms with Crippen LogP contribution in [0.25, 0.3) is 0 Å². The predicted octanol–water partition coefficient (Wildman–Crippen LogP) is 5.38. The average molecular weight is 502 g/mol. The van der Waals surface area contributed by atoms with Crippen molar-refractivity contribution in [1.29, 1.82) is 0 Å². The van der Waals surface area contributed by atoms with Crippen molar-refractivity contribution in [3.8, 4) is 0 Å². The first-order valence-electron chi connectivity index (χ1n) is 13.3. The fourth-order valence-electron chi connectivity index (χ4n) is 4.66. The molecule has 4 fully saturated rings. The Bertz CT molecular complexity index is 440. The van der Waals surface area contributed by atoms with Gasteiger partial charge in [-0.2, -0.15) is 0 Å². The number of amides is 1. The van der Waals surface area contributed by atoms with Gasteiger partial charge in [-0.05, 0) is 125 Å². The van der Waals surface area contributed by atoms with Crippen LogP contribution in [0.2, 0.25) is 0 Å². The molecule has 4 rings (SSSR count). The fourth-order valence-corrected chi connectivity index (χ4v) is 4.66. The van der Waals surface area contributed by atoms with Gasteiger partial charge in [0.1, 0.15) is 0 Å². The van der Waals surface area contributed by atoms with Crippen LogP contribution in [-0.2, 0) is 4.79 Å². The molecule has 0 N–H and O–H groups in total. The molecule has 4 saturated heterocycles. The first-order valence-corrected chi connectivity index (χ1v) is 13.3. The van der Waals surface area contributed by atoms with Gasteiger partial charge in [0, 0.05) is 14.1 Å². The molecule has 0 aromatic rings. The molecule has 0 bridgehead atoms. The molecule has 0 aromatic carbocycles. The second-order valence-corrected chi connectivity index (χ2v) is 10.5. The number of rotatable bonds is 1. The van der Waals surface area contributed by atoms with E-state index in [1.807, 2.05) is 21.1 Å². The zero-order valence-electron chi connectivity index (χ0n) is 22.4. The van der Waals surface area contributed by atoms with Crippen molar-refractivity contribution in [3.05, 3.63) is 0 Å². The van der Waals surface area contributed by atoms with Gasteiger partial charge in [0.15, 0.2) is 0 Å². The molecule has 35 heavy (non-hydrogen) atoms. The molecule has 0 spiro atoms. The lowest BCUT2D eigenvalue weighted by Gasteiger charge is -2.32. The lowest BCUT2D eigenvalue weighted by molar-refractivity contribution is -0.135. The van der Waals surface area contributed by atoms with E-state index >= 15 is 0 Å². The first kappa shape index (κ1) is 38.8. The number of hydrogen-bond donors (Lipinski definition) is 0. The van der Waals surface area contributed by atoms with Crippen molar-refractivity contribution in [1.82, 2.24) is 24.5 Å². The molecule has 6 nitrogen and oxygen atoms in total. The Labute approximate surface area is 222 Å². The van der Waals surface area contributed by atoms with Crippen LogP contribution in [0.3, 0.4) is 0 Å². The zero-order chi connectivity index (χ0) is 23.8. The van der Waals surface area contributed by atoms with Crippen molar-refractivity contribution < 1.29 is 4.79 Å². The van der Waals surface area contributed by atoms with Crippen molar-refractivity contribution in [3.63, 3.8) is 0 Å². The predicted molar refractivity (Wildman–Crippen MR) is 159 cm³/mol. The molecule has 1 amide bonds. The zero-order valence-corrected chi connectivity index (χ0v) is 22.4. The van der Waals surface area contributed by atoms with E-state index in [2.05, 4.69) is 40.7 Å². The van der Waals surface area contributed by atoms with Gasteiger partial charge in [-0.25, -0.2) is 0 Å². The van der Waals surface area contributed by atoms with Crippen molar-refractivity contribution in [2.75, 3.05) is 88.1 Å². The van der Waals surface area contributed by atoms with Crippen LogP contribution >= 0.6 is 0 Å². The molecular formula is C29H67N5O. The van der Waals surface area contributed by atoms with Crippen LogP contribution in [0.15, 0.2) is 0 Å².